The Kier molecular flexibility index (Phi) is 2.80. The molecule has 0 heterocycles. The number of aryl methyl sites for hydroxylation is 2. The number of benzene rings is 1. The average Bonchev–Trinajstić information content (AvgIpc) is 2.37. The molecular weight excluding hydrogens is 244 g/mol. The highest BCUT2D eigenvalue weighted by atomic mass is 16.1. The van der Waals surface area contributed by atoms with Gasteiger partial charge in [0.25, 0.3) is 0 Å². The van der Waals surface area contributed by atoms with E-state index in [9.17, 15) is 4.79 Å². The van der Waals surface area contributed by atoms with Crippen molar-refractivity contribution in [2.45, 2.75) is 46.0 Å². The number of hydrogen-bond donors (Lipinski definition) is 0. The molecule has 106 valence electrons. The molecule has 4 fully saturated rings. The van der Waals surface area contributed by atoms with Crippen LogP contribution in [0.3, 0.4) is 0 Å². The highest BCUT2D eigenvalue weighted by Crippen LogP contribution is 2.57. The molecular formula is C19H24O. The molecule has 4 aliphatic rings. The second-order valence-electron chi connectivity index (χ2n) is 7.64. The summed E-state index contributed by atoms with van der Waals surface area (Å²) in [7, 11) is 0. The van der Waals surface area contributed by atoms with Gasteiger partial charge in [0.2, 0.25) is 0 Å². The molecule has 0 amide bonds. The lowest BCUT2D eigenvalue weighted by atomic mass is 9.51. The van der Waals surface area contributed by atoms with E-state index >= 15 is 0 Å². The first kappa shape index (κ1) is 12.6. The minimum Gasteiger partial charge on any atom is -0.294 e. The number of hydrogen-bond acceptors (Lipinski definition) is 1. The van der Waals surface area contributed by atoms with Crippen LogP contribution in [0.25, 0.3) is 0 Å². The lowest BCUT2D eigenvalue weighted by molar-refractivity contribution is -0.0251. The Morgan fingerprint density at radius 1 is 0.950 bits per heavy atom. The highest BCUT2D eigenvalue weighted by molar-refractivity contribution is 5.99. The molecule has 1 heteroatoms. The van der Waals surface area contributed by atoms with E-state index in [2.05, 4.69) is 32.0 Å². The molecule has 0 atom stereocenters. The first-order valence-corrected chi connectivity index (χ1v) is 8.23. The van der Waals surface area contributed by atoms with Crippen LogP contribution in [0.1, 0.15) is 53.6 Å². The van der Waals surface area contributed by atoms with E-state index in [0.29, 0.717) is 23.5 Å². The van der Waals surface area contributed by atoms with Crippen LogP contribution in [0.2, 0.25) is 0 Å². The molecule has 0 aromatic heterocycles. The van der Waals surface area contributed by atoms with Gasteiger partial charge in [0, 0.05) is 11.5 Å². The van der Waals surface area contributed by atoms with Gasteiger partial charge in [-0.3, -0.25) is 4.79 Å². The smallest absolute Gasteiger partial charge is 0.166 e. The summed E-state index contributed by atoms with van der Waals surface area (Å²) in [6, 6.07) is 6.32. The van der Waals surface area contributed by atoms with Gasteiger partial charge >= 0.3 is 0 Å². The van der Waals surface area contributed by atoms with Crippen molar-refractivity contribution >= 4 is 5.78 Å². The summed E-state index contributed by atoms with van der Waals surface area (Å²) in [5.41, 5.74) is 3.42. The van der Waals surface area contributed by atoms with Gasteiger partial charge in [-0.1, -0.05) is 23.8 Å². The van der Waals surface area contributed by atoms with Gasteiger partial charge in [-0.15, -0.1) is 0 Å². The van der Waals surface area contributed by atoms with Gasteiger partial charge in [-0.25, -0.2) is 0 Å². The van der Waals surface area contributed by atoms with Crippen molar-refractivity contribution in [3.63, 3.8) is 0 Å². The number of ketones is 1. The molecule has 4 bridgehead atoms. The lowest BCUT2D eigenvalue weighted by Crippen LogP contribution is -2.48. The van der Waals surface area contributed by atoms with Crippen molar-refractivity contribution in [3.8, 4) is 0 Å². The fourth-order valence-corrected chi connectivity index (χ4v) is 5.62. The first-order valence-electron chi connectivity index (χ1n) is 8.23. The summed E-state index contributed by atoms with van der Waals surface area (Å²) in [5.74, 6) is 4.07. The average molecular weight is 268 g/mol. The fourth-order valence-electron chi connectivity index (χ4n) is 5.62. The van der Waals surface area contributed by atoms with Crippen LogP contribution < -0.4 is 0 Å². The van der Waals surface area contributed by atoms with Gasteiger partial charge in [0.1, 0.15) is 0 Å². The SMILES string of the molecule is Cc1ccc(C(=O)C2C3CC4CC(C3)CC2C4)c(C)c1. The van der Waals surface area contributed by atoms with E-state index < -0.39 is 0 Å². The summed E-state index contributed by atoms with van der Waals surface area (Å²) >= 11 is 0. The number of Topliss-reactive ketones (excluding diaryl/α,β-unsaturated/α-hetero) is 1. The Morgan fingerprint density at radius 2 is 1.55 bits per heavy atom. The van der Waals surface area contributed by atoms with Crippen LogP contribution in [-0.4, -0.2) is 5.78 Å². The molecule has 0 aliphatic heterocycles. The molecule has 0 saturated heterocycles. The summed E-state index contributed by atoms with van der Waals surface area (Å²) in [6.07, 6.45) is 6.77. The molecule has 0 N–H and O–H groups in total. The summed E-state index contributed by atoms with van der Waals surface area (Å²) < 4.78 is 0. The van der Waals surface area contributed by atoms with Crippen molar-refractivity contribution in [1.82, 2.24) is 0 Å². The normalized spacial score (nSPS) is 38.2. The van der Waals surface area contributed by atoms with Crippen molar-refractivity contribution in [2.75, 3.05) is 0 Å². The zero-order valence-electron chi connectivity index (χ0n) is 12.6. The predicted molar refractivity (Wildman–Crippen MR) is 80.8 cm³/mol. The summed E-state index contributed by atoms with van der Waals surface area (Å²) in [4.78, 5) is 13.1. The third-order valence-corrected chi connectivity index (χ3v) is 6.18. The van der Waals surface area contributed by atoms with Crippen LogP contribution >= 0.6 is 0 Å². The van der Waals surface area contributed by atoms with E-state index in [1.807, 2.05) is 0 Å². The maximum Gasteiger partial charge on any atom is 0.166 e. The maximum atomic E-state index is 13.1. The topological polar surface area (TPSA) is 17.1 Å². The van der Waals surface area contributed by atoms with Crippen LogP contribution in [-0.2, 0) is 0 Å². The zero-order valence-corrected chi connectivity index (χ0v) is 12.6. The highest BCUT2D eigenvalue weighted by Gasteiger charge is 2.50. The number of carbonyl (C=O) groups is 1. The van der Waals surface area contributed by atoms with Crippen molar-refractivity contribution in [2.24, 2.45) is 29.6 Å². The van der Waals surface area contributed by atoms with Gasteiger partial charge in [0.15, 0.2) is 5.78 Å². The predicted octanol–water partition coefficient (Wildman–Crippen LogP) is 4.56. The molecule has 0 radical (unpaired) electrons. The van der Waals surface area contributed by atoms with Gasteiger partial charge in [-0.2, -0.15) is 0 Å². The molecule has 0 unspecified atom stereocenters. The molecule has 1 aromatic carbocycles. The molecule has 1 aromatic rings. The van der Waals surface area contributed by atoms with Crippen LogP contribution in [0.5, 0.6) is 0 Å². The third-order valence-electron chi connectivity index (χ3n) is 6.18. The second kappa shape index (κ2) is 4.44. The first-order chi connectivity index (χ1) is 9.61. The summed E-state index contributed by atoms with van der Waals surface area (Å²) in [5, 5.41) is 0. The Hall–Kier alpha value is -1.11. The Labute approximate surface area is 121 Å². The van der Waals surface area contributed by atoms with Crippen LogP contribution in [0, 0.1) is 43.4 Å². The Bertz CT molecular complexity index is 529. The van der Waals surface area contributed by atoms with Crippen molar-refractivity contribution < 1.29 is 4.79 Å². The standard InChI is InChI=1S/C19H24O/c1-11-3-4-17(12(2)5-11)19(20)18-15-7-13-6-14(9-15)10-16(18)8-13/h3-5,13-16,18H,6-10H2,1-2H3. The number of rotatable bonds is 2. The van der Waals surface area contributed by atoms with E-state index in [0.717, 1.165) is 17.4 Å². The molecule has 4 aliphatic carbocycles. The zero-order chi connectivity index (χ0) is 13.9. The quantitative estimate of drug-likeness (QED) is 0.719. The van der Waals surface area contributed by atoms with E-state index in [1.54, 1.807) is 0 Å². The molecule has 0 spiro atoms. The maximum absolute atomic E-state index is 13.1. The van der Waals surface area contributed by atoms with Crippen LogP contribution in [0.15, 0.2) is 18.2 Å². The monoisotopic (exact) mass is 268 g/mol. The van der Waals surface area contributed by atoms with E-state index in [-0.39, 0.29) is 0 Å². The molecule has 1 nitrogen and oxygen atoms in total. The minimum atomic E-state index is 0.337. The van der Waals surface area contributed by atoms with Gasteiger partial charge in [-0.05, 0) is 75.2 Å². The Balaban J connectivity index is 1.65. The van der Waals surface area contributed by atoms with Gasteiger partial charge < -0.3 is 0 Å². The Morgan fingerprint density at radius 3 is 2.10 bits per heavy atom. The molecule has 5 rings (SSSR count). The van der Waals surface area contributed by atoms with Crippen LogP contribution in [0.4, 0.5) is 0 Å². The lowest BCUT2D eigenvalue weighted by Gasteiger charge is -2.53. The van der Waals surface area contributed by atoms with E-state index in [1.165, 1.54) is 43.2 Å². The van der Waals surface area contributed by atoms with Gasteiger partial charge in [0.05, 0.1) is 0 Å². The fraction of sp³-hybridized carbons (Fsp3) is 0.632. The molecule has 4 saturated carbocycles. The molecule has 20 heavy (non-hydrogen) atoms. The summed E-state index contributed by atoms with van der Waals surface area (Å²) in [6.45, 7) is 4.19. The van der Waals surface area contributed by atoms with Crippen molar-refractivity contribution in [1.29, 1.82) is 0 Å². The van der Waals surface area contributed by atoms with Crippen molar-refractivity contribution in [3.05, 3.63) is 34.9 Å². The largest absolute Gasteiger partial charge is 0.294 e. The third kappa shape index (κ3) is 1.86. The minimum absolute atomic E-state index is 0.337. The number of carbonyl (C=O) groups excluding carboxylic acids is 1. The second-order valence-corrected chi connectivity index (χ2v) is 7.64. The van der Waals surface area contributed by atoms with E-state index in [4.69, 9.17) is 0 Å².